The van der Waals surface area contributed by atoms with Crippen molar-refractivity contribution in [1.82, 2.24) is 4.90 Å². The second-order valence-electron chi connectivity index (χ2n) is 4.83. The van der Waals surface area contributed by atoms with Crippen LogP contribution in [0.15, 0.2) is 24.3 Å². The maximum atomic E-state index is 10.8. The van der Waals surface area contributed by atoms with Gasteiger partial charge in [-0.2, -0.15) is 0 Å². The fraction of sp³-hybridized carbons (Fsp3) is 0.500. The first-order valence-corrected chi connectivity index (χ1v) is 6.18. The zero-order chi connectivity index (χ0) is 13.1. The summed E-state index contributed by atoms with van der Waals surface area (Å²) in [5.41, 5.74) is 1.22. The minimum Gasteiger partial charge on any atom is -0.497 e. The summed E-state index contributed by atoms with van der Waals surface area (Å²) in [6.45, 7) is 0.877. The number of nitrogens with zero attached hydrogens (tertiary/aromatic N) is 1. The van der Waals surface area contributed by atoms with E-state index in [1.54, 1.807) is 7.11 Å². The van der Waals surface area contributed by atoms with E-state index in [2.05, 4.69) is 11.0 Å². The van der Waals surface area contributed by atoms with E-state index in [0.717, 1.165) is 25.1 Å². The minimum atomic E-state index is -0.673. The van der Waals surface area contributed by atoms with Crippen LogP contribution in [0.5, 0.6) is 5.75 Å². The maximum Gasteiger partial charge on any atom is 0.308 e. The van der Waals surface area contributed by atoms with Crippen molar-refractivity contribution in [3.63, 3.8) is 0 Å². The molecule has 18 heavy (non-hydrogen) atoms. The van der Waals surface area contributed by atoms with Crippen LogP contribution in [-0.4, -0.2) is 42.7 Å². The summed E-state index contributed by atoms with van der Waals surface area (Å²) in [5, 5.41) is 8.88. The highest BCUT2D eigenvalue weighted by Crippen LogP contribution is 2.35. The van der Waals surface area contributed by atoms with Crippen molar-refractivity contribution in [2.75, 3.05) is 20.7 Å². The molecule has 0 heterocycles. The molecule has 2 rings (SSSR count). The van der Waals surface area contributed by atoms with E-state index in [-0.39, 0.29) is 12.0 Å². The lowest BCUT2D eigenvalue weighted by atomic mass is 10.1. The number of methoxy groups -OCH3 is 1. The molecule has 0 aromatic heterocycles. The molecule has 0 saturated heterocycles. The van der Waals surface area contributed by atoms with E-state index in [1.807, 2.05) is 25.2 Å². The quantitative estimate of drug-likeness (QED) is 0.832. The fourth-order valence-corrected chi connectivity index (χ4v) is 2.23. The van der Waals surface area contributed by atoms with Gasteiger partial charge < -0.3 is 14.7 Å². The van der Waals surface area contributed by atoms with Crippen molar-refractivity contribution in [2.24, 2.45) is 5.92 Å². The van der Waals surface area contributed by atoms with Crippen LogP contribution in [0, 0.1) is 5.92 Å². The molecule has 0 bridgehead atoms. The highest BCUT2D eigenvalue weighted by molar-refractivity contribution is 5.74. The van der Waals surface area contributed by atoms with Crippen molar-refractivity contribution < 1.29 is 14.6 Å². The third kappa shape index (κ3) is 3.01. The highest BCUT2D eigenvalue weighted by Gasteiger charge is 2.45. The maximum absolute atomic E-state index is 10.8. The Kier molecular flexibility index (Phi) is 3.87. The molecule has 0 amide bonds. The van der Waals surface area contributed by atoms with E-state index >= 15 is 0 Å². The van der Waals surface area contributed by atoms with Gasteiger partial charge in [-0.1, -0.05) is 12.1 Å². The number of hydrogen-bond donors (Lipinski definition) is 1. The molecule has 1 fully saturated rings. The van der Waals surface area contributed by atoms with Gasteiger partial charge in [-0.15, -0.1) is 0 Å². The number of ether oxygens (including phenoxy) is 1. The normalized spacial score (nSPS) is 21.9. The van der Waals surface area contributed by atoms with Crippen LogP contribution >= 0.6 is 0 Å². The van der Waals surface area contributed by atoms with E-state index in [0.29, 0.717) is 0 Å². The molecule has 1 N–H and O–H groups in total. The average Bonchev–Trinajstić information content (AvgIpc) is 3.16. The predicted molar refractivity (Wildman–Crippen MR) is 68.9 cm³/mol. The first kappa shape index (κ1) is 12.9. The van der Waals surface area contributed by atoms with Crippen LogP contribution in [0.25, 0.3) is 0 Å². The standard InChI is InChI=1S/C14H19NO3/c1-15(13-9-12(13)14(16)17)7-6-10-4-3-5-11(8-10)18-2/h3-5,8,12-13H,6-7,9H2,1-2H3,(H,16,17). The molecule has 0 aliphatic heterocycles. The topological polar surface area (TPSA) is 49.8 Å². The van der Waals surface area contributed by atoms with Gasteiger partial charge in [0.25, 0.3) is 0 Å². The number of carbonyl (C=O) groups is 1. The average molecular weight is 249 g/mol. The SMILES string of the molecule is COc1cccc(CCN(C)C2CC2C(=O)O)c1. The van der Waals surface area contributed by atoms with Gasteiger partial charge in [0.1, 0.15) is 5.75 Å². The molecule has 1 aromatic carbocycles. The molecule has 4 nitrogen and oxygen atoms in total. The molecule has 2 unspecified atom stereocenters. The Bertz CT molecular complexity index is 433. The molecule has 0 spiro atoms. The summed E-state index contributed by atoms with van der Waals surface area (Å²) < 4.78 is 5.18. The number of rotatable bonds is 6. The Morgan fingerprint density at radius 2 is 2.33 bits per heavy atom. The molecule has 4 heteroatoms. The number of carboxylic acid groups (broad SMARTS) is 1. The molecule has 1 aliphatic carbocycles. The summed E-state index contributed by atoms with van der Waals surface area (Å²) in [4.78, 5) is 12.9. The van der Waals surface area contributed by atoms with Crippen LogP contribution in [-0.2, 0) is 11.2 Å². The number of benzene rings is 1. The van der Waals surface area contributed by atoms with E-state index in [1.165, 1.54) is 5.56 Å². The summed E-state index contributed by atoms with van der Waals surface area (Å²) in [7, 11) is 3.65. The van der Waals surface area contributed by atoms with Gasteiger partial charge in [0.05, 0.1) is 13.0 Å². The Morgan fingerprint density at radius 1 is 1.56 bits per heavy atom. The van der Waals surface area contributed by atoms with Gasteiger partial charge in [-0.05, 0) is 37.6 Å². The van der Waals surface area contributed by atoms with Crippen molar-refractivity contribution in [3.8, 4) is 5.75 Å². The molecule has 98 valence electrons. The second-order valence-corrected chi connectivity index (χ2v) is 4.83. The molecule has 1 saturated carbocycles. The van der Waals surface area contributed by atoms with Gasteiger partial charge in [-0.3, -0.25) is 4.79 Å². The van der Waals surface area contributed by atoms with E-state index in [4.69, 9.17) is 9.84 Å². The van der Waals surface area contributed by atoms with Gasteiger partial charge in [0.15, 0.2) is 0 Å². The predicted octanol–water partition coefficient (Wildman–Crippen LogP) is 1.64. The first-order valence-electron chi connectivity index (χ1n) is 6.18. The van der Waals surface area contributed by atoms with Crippen molar-refractivity contribution in [1.29, 1.82) is 0 Å². The first-order chi connectivity index (χ1) is 8.61. The van der Waals surface area contributed by atoms with Crippen LogP contribution in [0.4, 0.5) is 0 Å². The van der Waals surface area contributed by atoms with Crippen LogP contribution in [0.1, 0.15) is 12.0 Å². The summed E-state index contributed by atoms with van der Waals surface area (Å²) >= 11 is 0. The fourth-order valence-electron chi connectivity index (χ4n) is 2.23. The van der Waals surface area contributed by atoms with E-state index < -0.39 is 5.97 Å². The molecular weight excluding hydrogens is 230 g/mol. The summed E-state index contributed by atoms with van der Waals surface area (Å²) in [6, 6.07) is 8.21. The third-order valence-corrected chi connectivity index (χ3v) is 3.53. The zero-order valence-corrected chi connectivity index (χ0v) is 10.8. The van der Waals surface area contributed by atoms with Crippen LogP contribution in [0.2, 0.25) is 0 Å². The molecule has 0 radical (unpaired) electrons. The lowest BCUT2D eigenvalue weighted by Gasteiger charge is -2.16. The van der Waals surface area contributed by atoms with Crippen molar-refractivity contribution in [2.45, 2.75) is 18.9 Å². The highest BCUT2D eigenvalue weighted by atomic mass is 16.5. The lowest BCUT2D eigenvalue weighted by molar-refractivity contribution is -0.138. The molecular formula is C14H19NO3. The lowest BCUT2D eigenvalue weighted by Crippen LogP contribution is -2.26. The number of aliphatic carboxylic acids is 1. The second kappa shape index (κ2) is 5.40. The minimum absolute atomic E-state index is 0.166. The largest absolute Gasteiger partial charge is 0.497 e. The van der Waals surface area contributed by atoms with Gasteiger partial charge in [0.2, 0.25) is 0 Å². The van der Waals surface area contributed by atoms with Crippen LogP contribution < -0.4 is 4.74 Å². The van der Waals surface area contributed by atoms with Crippen molar-refractivity contribution in [3.05, 3.63) is 29.8 Å². The van der Waals surface area contributed by atoms with Crippen LogP contribution in [0.3, 0.4) is 0 Å². The van der Waals surface area contributed by atoms with Crippen molar-refractivity contribution >= 4 is 5.97 Å². The smallest absolute Gasteiger partial charge is 0.308 e. The third-order valence-electron chi connectivity index (χ3n) is 3.53. The monoisotopic (exact) mass is 249 g/mol. The Balaban J connectivity index is 1.82. The number of hydrogen-bond acceptors (Lipinski definition) is 3. The zero-order valence-electron chi connectivity index (χ0n) is 10.8. The summed E-state index contributed by atoms with van der Waals surface area (Å²) in [5.74, 6) is 0.0264. The van der Waals surface area contributed by atoms with Gasteiger partial charge in [-0.25, -0.2) is 0 Å². The Labute approximate surface area is 107 Å². The molecule has 1 aliphatic rings. The van der Waals surface area contributed by atoms with Gasteiger partial charge >= 0.3 is 5.97 Å². The van der Waals surface area contributed by atoms with E-state index in [9.17, 15) is 4.79 Å². The number of likely N-dealkylation sites (N-methyl/N-ethyl adjacent to an activating group) is 1. The Morgan fingerprint density at radius 3 is 2.94 bits per heavy atom. The van der Waals surface area contributed by atoms with Gasteiger partial charge in [0, 0.05) is 12.6 Å². The number of carboxylic acids is 1. The summed E-state index contributed by atoms with van der Waals surface area (Å²) in [6.07, 6.45) is 1.69. The molecule has 1 aromatic rings. The molecule has 2 atom stereocenters. The Hall–Kier alpha value is -1.55.